The van der Waals surface area contributed by atoms with Crippen molar-refractivity contribution < 1.29 is 9.53 Å². The summed E-state index contributed by atoms with van der Waals surface area (Å²) in [6.07, 6.45) is 0. The minimum Gasteiger partial charge on any atom is -0.497 e. The van der Waals surface area contributed by atoms with E-state index in [1.165, 1.54) is 22.1 Å². The summed E-state index contributed by atoms with van der Waals surface area (Å²) >= 11 is 1.51. The fourth-order valence-corrected chi connectivity index (χ4v) is 4.18. The monoisotopic (exact) mass is 460 g/mol. The molecule has 0 saturated heterocycles. The van der Waals surface area contributed by atoms with Crippen LogP contribution in [-0.4, -0.2) is 27.8 Å². The molecule has 0 aliphatic heterocycles. The van der Waals surface area contributed by atoms with Gasteiger partial charge in [0.05, 0.1) is 25.0 Å². The van der Waals surface area contributed by atoms with E-state index in [9.17, 15) is 9.59 Å². The highest BCUT2D eigenvalue weighted by atomic mass is 32.1. The van der Waals surface area contributed by atoms with Gasteiger partial charge >= 0.3 is 0 Å². The Morgan fingerprint density at radius 2 is 1.88 bits per heavy atom. The molecule has 0 radical (unpaired) electrons. The number of aryl methyl sites for hydroxylation is 2. The number of benzene rings is 2. The van der Waals surface area contributed by atoms with Crippen LogP contribution in [0.4, 0.5) is 0 Å². The molecule has 0 aliphatic carbocycles. The summed E-state index contributed by atoms with van der Waals surface area (Å²) < 4.78 is 6.37. The molecule has 1 N–H and O–H groups in total. The zero-order valence-corrected chi connectivity index (χ0v) is 19.5. The lowest BCUT2D eigenvalue weighted by atomic mass is 10.0. The highest BCUT2D eigenvalue weighted by Gasteiger charge is 2.11. The number of carbonyl (C=O) groups excluding carboxylic acids is 1. The smallest absolute Gasteiger partial charge is 0.267 e. The average Bonchev–Trinajstić information content (AvgIpc) is 3.30. The van der Waals surface area contributed by atoms with Crippen LogP contribution in [0, 0.1) is 13.8 Å². The molecule has 2 heterocycles. The van der Waals surface area contributed by atoms with Gasteiger partial charge in [0.25, 0.3) is 5.56 Å². The lowest BCUT2D eigenvalue weighted by Gasteiger charge is -2.10. The third-order valence-electron chi connectivity index (χ3n) is 5.18. The molecule has 0 fully saturated rings. The van der Waals surface area contributed by atoms with Gasteiger partial charge in [0.2, 0.25) is 5.91 Å². The average molecular weight is 461 g/mol. The lowest BCUT2D eigenvalue weighted by molar-refractivity contribution is -0.122. The molecular weight excluding hydrogens is 436 g/mol. The van der Waals surface area contributed by atoms with Gasteiger partial charge in [-0.25, -0.2) is 9.67 Å². The first-order valence-electron chi connectivity index (χ1n) is 10.4. The van der Waals surface area contributed by atoms with Crippen LogP contribution in [0.15, 0.2) is 64.8 Å². The first kappa shape index (κ1) is 22.4. The minimum absolute atomic E-state index is 0.160. The Bertz CT molecular complexity index is 1340. The highest BCUT2D eigenvalue weighted by molar-refractivity contribution is 7.13. The van der Waals surface area contributed by atoms with Crippen molar-refractivity contribution >= 4 is 17.2 Å². The fraction of sp³-hybridized carbons (Fsp3) is 0.200. The number of thiazole rings is 1. The van der Waals surface area contributed by atoms with Crippen molar-refractivity contribution in [3.05, 3.63) is 87.2 Å². The zero-order valence-electron chi connectivity index (χ0n) is 18.7. The molecule has 168 valence electrons. The Labute approximate surface area is 195 Å². The number of carbonyl (C=O) groups is 1. The third-order valence-corrected chi connectivity index (χ3v) is 6.12. The van der Waals surface area contributed by atoms with Crippen LogP contribution in [-0.2, 0) is 17.9 Å². The van der Waals surface area contributed by atoms with Crippen LogP contribution in [0.5, 0.6) is 5.75 Å². The van der Waals surface area contributed by atoms with Gasteiger partial charge < -0.3 is 10.1 Å². The van der Waals surface area contributed by atoms with Crippen LogP contribution in [0.2, 0.25) is 0 Å². The van der Waals surface area contributed by atoms with E-state index in [1.807, 2.05) is 61.7 Å². The quantitative estimate of drug-likeness (QED) is 0.451. The number of amides is 1. The van der Waals surface area contributed by atoms with Crippen LogP contribution in [0.1, 0.15) is 16.8 Å². The van der Waals surface area contributed by atoms with Crippen molar-refractivity contribution in [2.45, 2.75) is 26.9 Å². The van der Waals surface area contributed by atoms with E-state index in [0.717, 1.165) is 38.7 Å². The van der Waals surface area contributed by atoms with Crippen molar-refractivity contribution in [3.63, 3.8) is 0 Å². The van der Waals surface area contributed by atoms with Gasteiger partial charge in [0.1, 0.15) is 17.3 Å². The number of nitrogens with one attached hydrogen (secondary N) is 1. The summed E-state index contributed by atoms with van der Waals surface area (Å²) in [5.74, 6) is 0.481. The van der Waals surface area contributed by atoms with Crippen molar-refractivity contribution in [3.8, 4) is 27.6 Å². The van der Waals surface area contributed by atoms with Crippen molar-refractivity contribution in [2.75, 3.05) is 7.11 Å². The first-order valence-corrected chi connectivity index (χ1v) is 11.3. The number of hydrogen-bond acceptors (Lipinski definition) is 6. The Morgan fingerprint density at radius 3 is 2.64 bits per heavy atom. The first-order chi connectivity index (χ1) is 15.9. The standard InChI is InChI=1S/C25H24N4O3S/c1-16-4-5-17(2)21(12-16)22-10-11-24(31)29(28-22)14-23(30)26-13-19-15-33-25(27-19)18-6-8-20(32-3)9-7-18/h4-12,15H,13-14H2,1-3H3,(H,26,30). The number of hydrogen-bond donors (Lipinski definition) is 1. The Morgan fingerprint density at radius 1 is 1.09 bits per heavy atom. The predicted molar refractivity (Wildman–Crippen MR) is 129 cm³/mol. The van der Waals surface area contributed by atoms with Crippen molar-refractivity contribution in [1.82, 2.24) is 20.1 Å². The van der Waals surface area contributed by atoms with Gasteiger partial charge in [-0.1, -0.05) is 17.7 Å². The third kappa shape index (κ3) is 5.35. The SMILES string of the molecule is COc1ccc(-c2nc(CNC(=O)Cn3nc(-c4cc(C)ccc4C)ccc3=O)cs2)cc1. The second-order valence-corrected chi connectivity index (χ2v) is 8.54. The van der Waals surface area contributed by atoms with Crippen LogP contribution < -0.4 is 15.6 Å². The normalized spacial score (nSPS) is 10.8. The van der Waals surface area contributed by atoms with Gasteiger partial charge in [-0.2, -0.15) is 5.10 Å². The number of nitrogens with zero attached hydrogens (tertiary/aromatic N) is 3. The molecule has 4 rings (SSSR count). The molecule has 0 unspecified atom stereocenters. The van der Waals surface area contributed by atoms with Gasteiger partial charge in [-0.15, -0.1) is 11.3 Å². The molecule has 2 aromatic carbocycles. The van der Waals surface area contributed by atoms with E-state index >= 15 is 0 Å². The number of aromatic nitrogens is 3. The number of rotatable bonds is 7. The molecule has 0 atom stereocenters. The fourth-order valence-electron chi connectivity index (χ4n) is 3.35. The molecule has 0 saturated carbocycles. The highest BCUT2D eigenvalue weighted by Crippen LogP contribution is 2.25. The summed E-state index contributed by atoms with van der Waals surface area (Å²) in [6, 6.07) is 16.9. The van der Waals surface area contributed by atoms with E-state index in [4.69, 9.17) is 4.74 Å². The molecule has 0 aliphatic rings. The van der Waals surface area contributed by atoms with E-state index < -0.39 is 0 Å². The van der Waals surface area contributed by atoms with Crippen LogP contribution in [0.25, 0.3) is 21.8 Å². The lowest BCUT2D eigenvalue weighted by Crippen LogP contribution is -2.33. The van der Waals surface area contributed by atoms with Crippen LogP contribution >= 0.6 is 11.3 Å². The summed E-state index contributed by atoms with van der Waals surface area (Å²) in [5, 5.41) is 10.0. The number of ether oxygens (including phenoxy) is 1. The molecule has 7 nitrogen and oxygen atoms in total. The molecule has 2 aromatic heterocycles. The Kier molecular flexibility index (Phi) is 6.65. The maximum atomic E-state index is 12.5. The van der Waals surface area contributed by atoms with Gasteiger partial charge in [-0.3, -0.25) is 9.59 Å². The molecule has 8 heteroatoms. The number of methoxy groups -OCH3 is 1. The van der Waals surface area contributed by atoms with E-state index in [2.05, 4.69) is 15.4 Å². The molecule has 4 aromatic rings. The van der Waals surface area contributed by atoms with Gasteiger partial charge in [-0.05, 0) is 55.8 Å². The summed E-state index contributed by atoms with van der Waals surface area (Å²) in [4.78, 5) is 29.4. The summed E-state index contributed by atoms with van der Waals surface area (Å²) in [5.41, 5.74) is 5.17. The zero-order chi connectivity index (χ0) is 23.4. The summed E-state index contributed by atoms with van der Waals surface area (Å²) in [7, 11) is 1.63. The van der Waals surface area contributed by atoms with E-state index in [0.29, 0.717) is 5.69 Å². The second kappa shape index (κ2) is 9.79. The van der Waals surface area contributed by atoms with E-state index in [-0.39, 0.29) is 24.6 Å². The Balaban J connectivity index is 1.42. The van der Waals surface area contributed by atoms with E-state index in [1.54, 1.807) is 13.2 Å². The molecule has 1 amide bonds. The largest absolute Gasteiger partial charge is 0.497 e. The molecular formula is C25H24N4O3S. The maximum absolute atomic E-state index is 12.5. The van der Waals surface area contributed by atoms with Crippen LogP contribution in [0.3, 0.4) is 0 Å². The topological polar surface area (TPSA) is 86.1 Å². The predicted octanol–water partition coefficient (Wildman–Crippen LogP) is 3.98. The van der Waals surface area contributed by atoms with Gasteiger partial charge in [0, 0.05) is 22.6 Å². The minimum atomic E-state index is -0.324. The van der Waals surface area contributed by atoms with Crippen molar-refractivity contribution in [2.24, 2.45) is 0 Å². The second-order valence-electron chi connectivity index (χ2n) is 7.68. The molecule has 33 heavy (non-hydrogen) atoms. The molecule has 0 spiro atoms. The Hall–Kier alpha value is -3.78. The molecule has 0 bridgehead atoms. The van der Waals surface area contributed by atoms with Crippen molar-refractivity contribution in [1.29, 1.82) is 0 Å². The summed E-state index contributed by atoms with van der Waals surface area (Å²) in [6.45, 7) is 4.11. The maximum Gasteiger partial charge on any atom is 0.267 e. The van der Waals surface area contributed by atoms with Gasteiger partial charge in [0.15, 0.2) is 0 Å².